The van der Waals surface area contributed by atoms with Gasteiger partial charge >= 0.3 is 0 Å². The lowest BCUT2D eigenvalue weighted by Gasteiger charge is -2.36. The van der Waals surface area contributed by atoms with Crippen LogP contribution in [-0.2, 0) is 11.2 Å². The first-order chi connectivity index (χ1) is 15.2. The third-order valence-electron chi connectivity index (χ3n) is 5.18. The number of nitrogens with zero attached hydrogens (tertiary/aromatic N) is 5. The van der Waals surface area contributed by atoms with Crippen molar-refractivity contribution >= 4 is 23.4 Å². The summed E-state index contributed by atoms with van der Waals surface area (Å²) >= 11 is 1.44. The van der Waals surface area contributed by atoms with Gasteiger partial charge in [0, 0.05) is 44.5 Å². The minimum absolute atomic E-state index is 0.134. The van der Waals surface area contributed by atoms with Gasteiger partial charge in [0.15, 0.2) is 5.82 Å². The molecule has 162 valence electrons. The second-order valence-corrected chi connectivity index (χ2v) is 8.10. The Morgan fingerprint density at radius 1 is 1.13 bits per heavy atom. The summed E-state index contributed by atoms with van der Waals surface area (Å²) in [4.78, 5) is 25.6. The second kappa shape index (κ2) is 9.82. The van der Waals surface area contributed by atoms with Gasteiger partial charge in [-0.15, -0.1) is 0 Å². The predicted molar refractivity (Wildman–Crippen MR) is 119 cm³/mol. The molecule has 0 radical (unpaired) electrons. The standard InChI is InChI=1S/C22H25N5O3S/c1-3-19-24-22(30-25-19)16-4-9-20(23-14-16)31-15-21(28)27-12-10-26(11-13-27)17-5-7-18(29-2)8-6-17/h4-9,14H,3,10-13,15H2,1-2H3. The van der Waals surface area contributed by atoms with Crippen LogP contribution in [0.5, 0.6) is 5.75 Å². The number of hydrogen-bond donors (Lipinski definition) is 0. The van der Waals surface area contributed by atoms with Crippen LogP contribution in [0.15, 0.2) is 52.1 Å². The molecule has 0 atom stereocenters. The molecule has 0 aliphatic carbocycles. The van der Waals surface area contributed by atoms with E-state index in [4.69, 9.17) is 9.26 Å². The van der Waals surface area contributed by atoms with E-state index in [1.54, 1.807) is 13.3 Å². The highest BCUT2D eigenvalue weighted by molar-refractivity contribution is 7.99. The number of anilines is 1. The quantitative estimate of drug-likeness (QED) is 0.519. The molecule has 0 unspecified atom stereocenters. The highest BCUT2D eigenvalue weighted by Crippen LogP contribution is 2.23. The van der Waals surface area contributed by atoms with Gasteiger partial charge in [-0.1, -0.05) is 23.8 Å². The number of ether oxygens (including phenoxy) is 1. The number of piperazine rings is 1. The topological polar surface area (TPSA) is 84.6 Å². The van der Waals surface area contributed by atoms with Crippen LogP contribution in [0.25, 0.3) is 11.5 Å². The first kappa shape index (κ1) is 21.2. The Labute approximate surface area is 185 Å². The Morgan fingerprint density at radius 3 is 2.52 bits per heavy atom. The number of carbonyl (C=O) groups excluding carboxylic acids is 1. The molecular formula is C22H25N5O3S. The first-order valence-corrected chi connectivity index (χ1v) is 11.2. The maximum atomic E-state index is 12.6. The Morgan fingerprint density at radius 2 is 1.90 bits per heavy atom. The van der Waals surface area contributed by atoms with Crippen molar-refractivity contribution in [3.8, 4) is 17.2 Å². The van der Waals surface area contributed by atoms with Gasteiger partial charge in [-0.2, -0.15) is 4.98 Å². The summed E-state index contributed by atoms with van der Waals surface area (Å²) in [5.41, 5.74) is 1.93. The molecule has 4 rings (SSSR count). The van der Waals surface area contributed by atoms with Gasteiger partial charge in [0.05, 0.1) is 23.5 Å². The van der Waals surface area contributed by atoms with Crippen molar-refractivity contribution in [1.82, 2.24) is 20.0 Å². The van der Waals surface area contributed by atoms with E-state index in [-0.39, 0.29) is 5.91 Å². The number of aromatic nitrogens is 3. The van der Waals surface area contributed by atoms with E-state index in [0.29, 0.717) is 30.6 Å². The number of methoxy groups -OCH3 is 1. The minimum Gasteiger partial charge on any atom is -0.497 e. The van der Waals surface area contributed by atoms with E-state index in [0.717, 1.165) is 41.5 Å². The van der Waals surface area contributed by atoms with Gasteiger partial charge in [-0.05, 0) is 36.4 Å². The normalized spacial score (nSPS) is 14.0. The fraction of sp³-hybridized carbons (Fsp3) is 0.364. The van der Waals surface area contributed by atoms with Crippen LogP contribution in [0.3, 0.4) is 0 Å². The lowest BCUT2D eigenvalue weighted by Crippen LogP contribution is -2.49. The van der Waals surface area contributed by atoms with Crippen molar-refractivity contribution in [2.45, 2.75) is 18.4 Å². The number of thioether (sulfide) groups is 1. The number of carbonyl (C=O) groups is 1. The van der Waals surface area contributed by atoms with Crippen molar-refractivity contribution in [3.05, 3.63) is 48.4 Å². The predicted octanol–water partition coefficient (Wildman–Crippen LogP) is 3.14. The van der Waals surface area contributed by atoms with E-state index in [1.807, 2.05) is 36.1 Å². The molecule has 1 aliphatic heterocycles. The molecule has 1 amide bonds. The van der Waals surface area contributed by atoms with Crippen molar-refractivity contribution in [2.75, 3.05) is 43.9 Å². The summed E-state index contributed by atoms with van der Waals surface area (Å²) in [5.74, 6) is 2.49. The smallest absolute Gasteiger partial charge is 0.259 e. The fourth-order valence-corrected chi connectivity index (χ4v) is 4.09. The molecule has 1 saturated heterocycles. The van der Waals surface area contributed by atoms with Gasteiger partial charge in [-0.25, -0.2) is 4.98 Å². The monoisotopic (exact) mass is 439 g/mol. The fourth-order valence-electron chi connectivity index (χ4n) is 3.34. The average molecular weight is 440 g/mol. The number of aryl methyl sites for hydroxylation is 1. The Hall–Kier alpha value is -3.07. The largest absolute Gasteiger partial charge is 0.497 e. The summed E-state index contributed by atoms with van der Waals surface area (Å²) < 4.78 is 10.4. The minimum atomic E-state index is 0.134. The molecule has 9 heteroatoms. The average Bonchev–Trinajstić information content (AvgIpc) is 3.32. The lowest BCUT2D eigenvalue weighted by molar-refractivity contribution is -0.128. The van der Waals surface area contributed by atoms with E-state index in [9.17, 15) is 4.79 Å². The van der Waals surface area contributed by atoms with Gasteiger partial charge in [0.2, 0.25) is 5.91 Å². The molecule has 1 aromatic carbocycles. The zero-order valence-electron chi connectivity index (χ0n) is 17.7. The maximum Gasteiger partial charge on any atom is 0.259 e. The number of rotatable bonds is 7. The van der Waals surface area contributed by atoms with Crippen LogP contribution in [0.4, 0.5) is 5.69 Å². The third kappa shape index (κ3) is 5.16. The molecule has 0 N–H and O–H groups in total. The molecule has 0 spiro atoms. The number of benzene rings is 1. The molecular weight excluding hydrogens is 414 g/mol. The molecule has 0 bridgehead atoms. The lowest BCUT2D eigenvalue weighted by atomic mass is 10.2. The van der Waals surface area contributed by atoms with Crippen molar-refractivity contribution < 1.29 is 14.1 Å². The number of hydrogen-bond acceptors (Lipinski definition) is 8. The Kier molecular flexibility index (Phi) is 6.71. The summed E-state index contributed by atoms with van der Waals surface area (Å²) in [5, 5.41) is 4.69. The Balaban J connectivity index is 1.25. The summed E-state index contributed by atoms with van der Waals surface area (Å²) in [6, 6.07) is 11.8. The van der Waals surface area contributed by atoms with Gasteiger partial charge in [0.1, 0.15) is 5.75 Å². The van der Waals surface area contributed by atoms with Crippen LogP contribution < -0.4 is 9.64 Å². The van der Waals surface area contributed by atoms with E-state index >= 15 is 0 Å². The number of amides is 1. The molecule has 0 saturated carbocycles. The SMILES string of the molecule is CCc1noc(-c2ccc(SCC(=O)N3CCN(c4ccc(OC)cc4)CC3)nc2)n1. The molecule has 8 nitrogen and oxygen atoms in total. The summed E-state index contributed by atoms with van der Waals surface area (Å²) in [7, 11) is 1.66. The Bertz CT molecular complexity index is 999. The molecule has 31 heavy (non-hydrogen) atoms. The van der Waals surface area contributed by atoms with Crippen LogP contribution >= 0.6 is 11.8 Å². The van der Waals surface area contributed by atoms with E-state index < -0.39 is 0 Å². The maximum absolute atomic E-state index is 12.6. The highest BCUT2D eigenvalue weighted by Gasteiger charge is 2.21. The van der Waals surface area contributed by atoms with Gasteiger partial charge in [-0.3, -0.25) is 4.79 Å². The summed E-state index contributed by atoms with van der Waals surface area (Å²) in [6.45, 7) is 5.05. The first-order valence-electron chi connectivity index (χ1n) is 10.2. The van der Waals surface area contributed by atoms with Crippen molar-refractivity contribution in [2.24, 2.45) is 0 Å². The molecule has 3 aromatic rings. The van der Waals surface area contributed by atoms with Crippen LogP contribution in [0.1, 0.15) is 12.7 Å². The molecule has 1 aliphatic rings. The second-order valence-electron chi connectivity index (χ2n) is 7.11. The third-order valence-corrected chi connectivity index (χ3v) is 6.11. The van der Waals surface area contributed by atoms with Crippen LogP contribution in [-0.4, -0.2) is 65.0 Å². The molecule has 1 fully saturated rings. The van der Waals surface area contributed by atoms with E-state index in [2.05, 4.69) is 32.2 Å². The zero-order chi connectivity index (χ0) is 21.6. The van der Waals surface area contributed by atoms with Gasteiger partial charge in [0.25, 0.3) is 5.89 Å². The summed E-state index contributed by atoms with van der Waals surface area (Å²) in [6.07, 6.45) is 2.43. The van der Waals surface area contributed by atoms with Gasteiger partial charge < -0.3 is 19.1 Å². The highest BCUT2D eigenvalue weighted by atomic mass is 32.2. The van der Waals surface area contributed by atoms with Crippen molar-refractivity contribution in [1.29, 1.82) is 0 Å². The van der Waals surface area contributed by atoms with Crippen molar-refractivity contribution in [3.63, 3.8) is 0 Å². The van der Waals surface area contributed by atoms with E-state index in [1.165, 1.54) is 11.8 Å². The van der Waals surface area contributed by atoms with Crippen LogP contribution in [0, 0.1) is 0 Å². The molecule has 3 heterocycles. The molecule has 2 aromatic heterocycles. The van der Waals surface area contributed by atoms with Crippen LogP contribution in [0.2, 0.25) is 0 Å². The number of pyridine rings is 1. The zero-order valence-corrected chi connectivity index (χ0v) is 18.5.